The van der Waals surface area contributed by atoms with Crippen LogP contribution in [0.3, 0.4) is 0 Å². The average Bonchev–Trinajstić information content (AvgIpc) is 1.84. The molecule has 0 saturated carbocycles. The summed E-state index contributed by atoms with van der Waals surface area (Å²) in [7, 11) is 0. The summed E-state index contributed by atoms with van der Waals surface area (Å²) in [5.41, 5.74) is 0. The van der Waals surface area contributed by atoms with Gasteiger partial charge in [0.15, 0.2) is 0 Å². The fourth-order valence-corrected chi connectivity index (χ4v) is 1.05. The number of hydrogen-bond donors (Lipinski definition) is 4. The van der Waals surface area contributed by atoms with Crippen LogP contribution in [-0.2, 0) is 0 Å². The van der Waals surface area contributed by atoms with Crippen molar-refractivity contribution in [2.75, 3.05) is 0 Å². The third-order valence-corrected chi connectivity index (χ3v) is 2.87. The van der Waals surface area contributed by atoms with E-state index < -0.39 is 23.2 Å². The van der Waals surface area contributed by atoms with E-state index in [0.29, 0.717) is 0 Å². The van der Waals surface area contributed by atoms with Gasteiger partial charge in [0.2, 0.25) is 0 Å². The van der Waals surface area contributed by atoms with E-state index in [1.165, 1.54) is 20.8 Å². The molecule has 0 aromatic rings. The summed E-state index contributed by atoms with van der Waals surface area (Å²) in [4.78, 5) is -1.36. The minimum absolute atomic E-state index is 0. The molecule has 0 amide bonds. The highest BCUT2D eigenvalue weighted by atomic mass is 35.5. The maximum Gasteiger partial charge on any atom is 0.121 e. The van der Waals surface area contributed by atoms with Crippen molar-refractivity contribution in [3.8, 4) is 0 Å². The predicted molar refractivity (Wildman–Crippen MR) is 48.6 cm³/mol. The molecular weight excluding hydrogens is 182 g/mol. The number of aliphatic hydroxyl groups excluding tert-OH is 3. The Morgan fingerprint density at radius 3 is 1.08 bits per heavy atom. The van der Waals surface area contributed by atoms with Crippen molar-refractivity contribution < 1.29 is 15.3 Å². The van der Waals surface area contributed by atoms with Crippen molar-refractivity contribution >= 4 is 11.6 Å². The molecular formula is C7H18ClNO3. The van der Waals surface area contributed by atoms with E-state index in [1.54, 1.807) is 0 Å². The summed E-state index contributed by atoms with van der Waals surface area (Å²) in [6, 6.07) is 0. The summed E-state index contributed by atoms with van der Waals surface area (Å²) in [5.74, 6) is 0. The first-order chi connectivity index (χ1) is 4.83. The smallest absolute Gasteiger partial charge is 0.121 e. The molecule has 0 radical (unpaired) electrons. The van der Waals surface area contributed by atoms with Crippen molar-refractivity contribution in [3.63, 3.8) is 0 Å². The van der Waals surface area contributed by atoms with Crippen LogP contribution < -0.4 is 6.15 Å². The molecule has 0 heterocycles. The van der Waals surface area contributed by atoms with Crippen molar-refractivity contribution in [1.82, 2.24) is 6.15 Å². The third kappa shape index (κ3) is 2.57. The molecule has 0 rings (SSSR count). The molecule has 3 unspecified atom stereocenters. The molecule has 12 heavy (non-hydrogen) atoms. The Morgan fingerprint density at radius 2 is 1.08 bits per heavy atom. The number of halogens is 1. The number of alkyl halides is 1. The molecule has 0 aromatic carbocycles. The van der Waals surface area contributed by atoms with Gasteiger partial charge in [-0.2, -0.15) is 0 Å². The van der Waals surface area contributed by atoms with Crippen LogP contribution >= 0.6 is 11.6 Å². The van der Waals surface area contributed by atoms with E-state index in [9.17, 15) is 0 Å². The zero-order chi connectivity index (χ0) is 9.23. The van der Waals surface area contributed by atoms with Gasteiger partial charge in [0.05, 0.1) is 18.3 Å². The largest absolute Gasteiger partial charge is 0.391 e. The first-order valence-electron chi connectivity index (χ1n) is 3.56. The fourth-order valence-electron chi connectivity index (χ4n) is 1.05. The lowest BCUT2D eigenvalue weighted by Crippen LogP contribution is -2.52. The average molecular weight is 200 g/mol. The second-order valence-electron chi connectivity index (χ2n) is 2.86. The van der Waals surface area contributed by atoms with Gasteiger partial charge in [-0.3, -0.25) is 0 Å². The Morgan fingerprint density at radius 1 is 0.917 bits per heavy atom. The number of hydrogen-bond acceptors (Lipinski definition) is 4. The molecule has 0 saturated heterocycles. The standard InChI is InChI=1S/C7H15ClO3.H3N/c1-4(9)7(8,5(2)10)6(3)11;/h4-6,9-11H,1-3H3;1H3. The molecule has 0 aromatic heterocycles. The summed E-state index contributed by atoms with van der Waals surface area (Å²) in [6.07, 6.45) is -2.86. The zero-order valence-electron chi connectivity index (χ0n) is 7.66. The van der Waals surface area contributed by atoms with Gasteiger partial charge >= 0.3 is 0 Å². The second-order valence-corrected chi connectivity index (χ2v) is 3.51. The van der Waals surface area contributed by atoms with Crippen molar-refractivity contribution in [1.29, 1.82) is 0 Å². The van der Waals surface area contributed by atoms with Crippen molar-refractivity contribution in [2.45, 2.75) is 44.0 Å². The minimum Gasteiger partial charge on any atom is -0.391 e. The van der Waals surface area contributed by atoms with Crippen LogP contribution in [-0.4, -0.2) is 38.5 Å². The monoisotopic (exact) mass is 199 g/mol. The van der Waals surface area contributed by atoms with Gasteiger partial charge < -0.3 is 21.5 Å². The second kappa shape index (κ2) is 4.99. The first kappa shape index (κ1) is 14.6. The Bertz CT molecular complexity index is 106. The van der Waals surface area contributed by atoms with Gasteiger partial charge in [-0.05, 0) is 20.8 Å². The number of rotatable bonds is 3. The Kier molecular flexibility index (Phi) is 6.09. The van der Waals surface area contributed by atoms with Crippen molar-refractivity contribution in [2.24, 2.45) is 0 Å². The van der Waals surface area contributed by atoms with Gasteiger partial charge in [0, 0.05) is 0 Å². The predicted octanol–water partition coefficient (Wildman–Crippen LogP) is 0.268. The summed E-state index contributed by atoms with van der Waals surface area (Å²) >= 11 is 5.79. The SMILES string of the molecule is CC(O)C(Cl)(C(C)O)C(C)O.N. The highest BCUT2D eigenvalue weighted by Gasteiger charge is 2.42. The molecule has 76 valence electrons. The molecule has 0 spiro atoms. The first-order valence-corrected chi connectivity index (χ1v) is 3.94. The van der Waals surface area contributed by atoms with Crippen LogP contribution in [0, 0.1) is 0 Å². The van der Waals surface area contributed by atoms with Crippen LogP contribution in [0.4, 0.5) is 0 Å². The molecule has 3 atom stereocenters. The fraction of sp³-hybridized carbons (Fsp3) is 1.00. The third-order valence-electron chi connectivity index (χ3n) is 1.92. The molecule has 0 aliphatic heterocycles. The lowest BCUT2D eigenvalue weighted by Gasteiger charge is -2.35. The van der Waals surface area contributed by atoms with Crippen LogP contribution in [0.15, 0.2) is 0 Å². The van der Waals surface area contributed by atoms with Gasteiger partial charge in [0.1, 0.15) is 4.87 Å². The normalized spacial score (nSPS) is 23.2. The van der Waals surface area contributed by atoms with E-state index in [4.69, 9.17) is 26.9 Å². The topological polar surface area (TPSA) is 95.7 Å². The summed E-state index contributed by atoms with van der Waals surface area (Å²) in [5, 5.41) is 27.5. The van der Waals surface area contributed by atoms with E-state index in [0.717, 1.165) is 0 Å². The summed E-state index contributed by atoms with van der Waals surface area (Å²) < 4.78 is 0. The molecule has 0 bridgehead atoms. The van der Waals surface area contributed by atoms with Gasteiger partial charge in [-0.15, -0.1) is 11.6 Å². The highest BCUT2D eigenvalue weighted by Crippen LogP contribution is 2.28. The molecule has 0 aliphatic carbocycles. The molecule has 0 fully saturated rings. The molecule has 5 heteroatoms. The van der Waals surface area contributed by atoms with E-state index >= 15 is 0 Å². The van der Waals surface area contributed by atoms with Crippen molar-refractivity contribution in [3.05, 3.63) is 0 Å². The molecule has 4 nitrogen and oxygen atoms in total. The Balaban J connectivity index is 0. The van der Waals surface area contributed by atoms with E-state index in [2.05, 4.69) is 0 Å². The maximum atomic E-state index is 9.16. The Labute approximate surface area is 77.8 Å². The van der Waals surface area contributed by atoms with Crippen LogP contribution in [0.1, 0.15) is 20.8 Å². The van der Waals surface area contributed by atoms with E-state index in [-0.39, 0.29) is 6.15 Å². The lowest BCUT2D eigenvalue weighted by atomic mass is 9.91. The summed E-state index contributed by atoms with van der Waals surface area (Å²) in [6.45, 7) is 4.31. The van der Waals surface area contributed by atoms with E-state index in [1.807, 2.05) is 0 Å². The van der Waals surface area contributed by atoms with Crippen LogP contribution in [0.2, 0.25) is 0 Å². The molecule has 0 aliphatic rings. The van der Waals surface area contributed by atoms with Gasteiger partial charge in [0.25, 0.3) is 0 Å². The Hall–Kier alpha value is 0.130. The highest BCUT2D eigenvalue weighted by molar-refractivity contribution is 6.25. The maximum absolute atomic E-state index is 9.16. The lowest BCUT2D eigenvalue weighted by molar-refractivity contribution is -0.0160. The van der Waals surface area contributed by atoms with Gasteiger partial charge in [-0.25, -0.2) is 0 Å². The quantitative estimate of drug-likeness (QED) is 0.491. The van der Waals surface area contributed by atoms with Crippen LogP contribution in [0.25, 0.3) is 0 Å². The minimum atomic E-state index is -1.36. The van der Waals surface area contributed by atoms with Gasteiger partial charge in [-0.1, -0.05) is 0 Å². The zero-order valence-corrected chi connectivity index (χ0v) is 8.41. The van der Waals surface area contributed by atoms with Crippen LogP contribution in [0.5, 0.6) is 0 Å². The number of aliphatic hydroxyl groups is 3. The molecule has 6 N–H and O–H groups in total.